The van der Waals surface area contributed by atoms with Gasteiger partial charge in [0.05, 0.1) is 0 Å². The van der Waals surface area contributed by atoms with Crippen LogP contribution in [-0.2, 0) is 6.54 Å². The fourth-order valence-electron chi connectivity index (χ4n) is 1.12. The van der Waals surface area contributed by atoms with E-state index in [-0.39, 0.29) is 0 Å². The van der Waals surface area contributed by atoms with E-state index in [4.69, 9.17) is 0 Å². The number of aryl methyl sites for hydroxylation is 1. The Hall–Kier alpha value is -1.01. The van der Waals surface area contributed by atoms with Crippen LogP contribution in [0, 0.1) is 6.92 Å². The van der Waals surface area contributed by atoms with Gasteiger partial charge in [0, 0.05) is 12.6 Å². The van der Waals surface area contributed by atoms with Crippen molar-refractivity contribution in [3.05, 3.63) is 10.8 Å². The van der Waals surface area contributed by atoms with Gasteiger partial charge in [0.2, 0.25) is 4.96 Å². The van der Waals surface area contributed by atoms with Crippen LogP contribution in [0.4, 0.5) is 0 Å². The summed E-state index contributed by atoms with van der Waals surface area (Å²) in [7, 11) is 0. The molecule has 0 saturated heterocycles. The van der Waals surface area contributed by atoms with Crippen LogP contribution in [-0.4, -0.2) is 25.9 Å². The maximum Gasteiger partial charge on any atom is 0.234 e. The molecule has 0 aliphatic heterocycles. The van der Waals surface area contributed by atoms with Crippen LogP contribution >= 0.6 is 11.3 Å². The summed E-state index contributed by atoms with van der Waals surface area (Å²) >= 11 is 1.58. The number of nitrogens with one attached hydrogen (secondary N) is 1. The smallest absolute Gasteiger partial charge is 0.234 e. The zero-order chi connectivity index (χ0) is 10.1. The first kappa shape index (κ1) is 9.54. The van der Waals surface area contributed by atoms with Gasteiger partial charge in [0.25, 0.3) is 0 Å². The van der Waals surface area contributed by atoms with E-state index in [2.05, 4.69) is 34.5 Å². The van der Waals surface area contributed by atoms with Crippen molar-refractivity contribution in [1.29, 1.82) is 0 Å². The number of hydrogen-bond acceptors (Lipinski definition) is 5. The molecule has 0 aromatic carbocycles. The van der Waals surface area contributed by atoms with E-state index in [9.17, 15) is 0 Å². The lowest BCUT2D eigenvalue weighted by molar-refractivity contribution is 0.582. The second-order valence-corrected chi connectivity index (χ2v) is 4.51. The molecule has 0 amide bonds. The monoisotopic (exact) mass is 211 g/mol. The van der Waals surface area contributed by atoms with Crippen molar-refractivity contribution in [1.82, 2.24) is 25.1 Å². The minimum absolute atomic E-state index is 0.477. The molecule has 0 saturated carbocycles. The molecule has 2 aromatic rings. The molecule has 2 aromatic heterocycles. The Bertz CT molecular complexity index is 430. The second kappa shape index (κ2) is 3.62. The van der Waals surface area contributed by atoms with Gasteiger partial charge < -0.3 is 5.32 Å². The summed E-state index contributed by atoms with van der Waals surface area (Å²) in [6, 6.07) is 0.477. The maximum absolute atomic E-state index is 4.39. The highest BCUT2D eigenvalue weighted by Gasteiger charge is 2.08. The Balaban J connectivity index is 2.19. The van der Waals surface area contributed by atoms with Gasteiger partial charge in [0.1, 0.15) is 5.01 Å². The minimum Gasteiger partial charge on any atom is -0.308 e. The Kier molecular flexibility index (Phi) is 2.47. The number of aromatic nitrogens is 4. The highest BCUT2D eigenvalue weighted by molar-refractivity contribution is 7.16. The lowest BCUT2D eigenvalue weighted by Crippen LogP contribution is -2.21. The molecule has 0 spiro atoms. The molecule has 0 fully saturated rings. The van der Waals surface area contributed by atoms with Crippen molar-refractivity contribution in [2.45, 2.75) is 33.4 Å². The molecular weight excluding hydrogens is 198 g/mol. The molecule has 5 nitrogen and oxygen atoms in total. The zero-order valence-electron chi connectivity index (χ0n) is 8.48. The molecule has 76 valence electrons. The molecule has 0 radical (unpaired) electrons. The lowest BCUT2D eigenvalue weighted by Gasteiger charge is -2.03. The number of rotatable bonds is 3. The van der Waals surface area contributed by atoms with Crippen molar-refractivity contribution in [3.8, 4) is 0 Å². The summed E-state index contributed by atoms with van der Waals surface area (Å²) in [5, 5.41) is 16.7. The molecule has 2 heterocycles. The van der Waals surface area contributed by atoms with Gasteiger partial charge in [-0.1, -0.05) is 25.2 Å². The first-order valence-electron chi connectivity index (χ1n) is 4.58. The van der Waals surface area contributed by atoms with E-state index < -0.39 is 0 Å². The quantitative estimate of drug-likeness (QED) is 0.822. The van der Waals surface area contributed by atoms with Crippen LogP contribution in [0.1, 0.15) is 24.7 Å². The molecule has 0 atom stereocenters. The predicted molar refractivity (Wildman–Crippen MR) is 55.4 cm³/mol. The minimum atomic E-state index is 0.477. The highest BCUT2D eigenvalue weighted by Crippen LogP contribution is 2.13. The third kappa shape index (κ3) is 1.76. The molecule has 0 unspecified atom stereocenters. The normalized spacial score (nSPS) is 11.7. The number of nitrogens with zero attached hydrogens (tertiary/aromatic N) is 4. The molecule has 1 N–H and O–H groups in total. The van der Waals surface area contributed by atoms with Crippen LogP contribution in [0.5, 0.6) is 0 Å². The van der Waals surface area contributed by atoms with Crippen molar-refractivity contribution in [2.75, 3.05) is 0 Å². The number of hydrogen-bond donors (Lipinski definition) is 1. The summed E-state index contributed by atoms with van der Waals surface area (Å²) < 4.78 is 1.78. The molecular formula is C8H13N5S. The van der Waals surface area contributed by atoms with Gasteiger partial charge in [-0.2, -0.15) is 9.61 Å². The molecule has 0 bridgehead atoms. The SMILES string of the molecule is Cc1nnc2sc(CNC(C)C)nn12. The van der Waals surface area contributed by atoms with Gasteiger partial charge >= 0.3 is 0 Å². The second-order valence-electron chi connectivity index (χ2n) is 3.47. The lowest BCUT2D eigenvalue weighted by atomic mass is 10.4. The summed E-state index contributed by atoms with van der Waals surface area (Å²) in [6.45, 7) is 6.93. The van der Waals surface area contributed by atoms with E-state index in [0.29, 0.717) is 6.04 Å². The van der Waals surface area contributed by atoms with Crippen molar-refractivity contribution in [2.24, 2.45) is 0 Å². The molecule has 14 heavy (non-hydrogen) atoms. The van der Waals surface area contributed by atoms with Gasteiger partial charge in [-0.25, -0.2) is 0 Å². The Morgan fingerprint density at radius 3 is 2.86 bits per heavy atom. The third-order valence-corrected chi connectivity index (χ3v) is 2.75. The molecule has 2 rings (SSSR count). The van der Waals surface area contributed by atoms with Crippen molar-refractivity contribution >= 4 is 16.3 Å². The maximum atomic E-state index is 4.39. The Morgan fingerprint density at radius 2 is 2.21 bits per heavy atom. The highest BCUT2D eigenvalue weighted by atomic mass is 32.1. The van der Waals surface area contributed by atoms with E-state index >= 15 is 0 Å². The van der Waals surface area contributed by atoms with Crippen LogP contribution in [0.3, 0.4) is 0 Å². The predicted octanol–water partition coefficient (Wildman–Crippen LogP) is 0.992. The van der Waals surface area contributed by atoms with Gasteiger partial charge in [-0.3, -0.25) is 0 Å². The first-order valence-corrected chi connectivity index (χ1v) is 5.39. The number of fused-ring (bicyclic) bond motifs is 1. The van der Waals surface area contributed by atoms with E-state index in [1.807, 2.05) is 6.92 Å². The van der Waals surface area contributed by atoms with E-state index in [1.165, 1.54) is 0 Å². The molecule has 0 aliphatic rings. The molecule has 6 heteroatoms. The van der Waals surface area contributed by atoms with Crippen molar-refractivity contribution < 1.29 is 0 Å². The Morgan fingerprint density at radius 1 is 1.43 bits per heavy atom. The fraction of sp³-hybridized carbons (Fsp3) is 0.625. The fourth-order valence-corrected chi connectivity index (χ4v) is 1.95. The zero-order valence-corrected chi connectivity index (χ0v) is 9.30. The van der Waals surface area contributed by atoms with Crippen molar-refractivity contribution in [3.63, 3.8) is 0 Å². The van der Waals surface area contributed by atoms with Crippen LogP contribution in [0.25, 0.3) is 4.96 Å². The summed E-state index contributed by atoms with van der Waals surface area (Å²) in [6.07, 6.45) is 0. The van der Waals surface area contributed by atoms with Gasteiger partial charge in [0.15, 0.2) is 5.82 Å². The average Bonchev–Trinajstić information content (AvgIpc) is 2.65. The molecule has 0 aliphatic carbocycles. The summed E-state index contributed by atoms with van der Waals surface area (Å²) in [4.78, 5) is 0.864. The van der Waals surface area contributed by atoms with E-state index in [1.54, 1.807) is 15.9 Å². The standard InChI is InChI=1S/C8H13N5S/c1-5(2)9-4-7-12-13-6(3)10-11-8(13)14-7/h5,9H,4H2,1-3H3. The largest absolute Gasteiger partial charge is 0.308 e. The van der Waals surface area contributed by atoms with E-state index in [0.717, 1.165) is 22.3 Å². The third-order valence-electron chi connectivity index (χ3n) is 1.85. The van der Waals surface area contributed by atoms with Crippen LogP contribution in [0.15, 0.2) is 0 Å². The topological polar surface area (TPSA) is 55.1 Å². The summed E-state index contributed by atoms with van der Waals surface area (Å²) in [5.74, 6) is 0.840. The van der Waals surface area contributed by atoms with Crippen LogP contribution < -0.4 is 5.32 Å². The van der Waals surface area contributed by atoms with Gasteiger partial charge in [-0.15, -0.1) is 10.2 Å². The van der Waals surface area contributed by atoms with Crippen LogP contribution in [0.2, 0.25) is 0 Å². The Labute approximate surface area is 86.2 Å². The summed E-state index contributed by atoms with van der Waals surface area (Å²) in [5.41, 5.74) is 0. The first-order chi connectivity index (χ1) is 6.66. The van der Waals surface area contributed by atoms with Gasteiger partial charge in [-0.05, 0) is 6.92 Å². The average molecular weight is 211 g/mol.